The van der Waals surface area contributed by atoms with Crippen molar-refractivity contribution in [1.29, 1.82) is 0 Å². The molecule has 4 heteroatoms. The highest BCUT2D eigenvalue weighted by molar-refractivity contribution is 6.19. The van der Waals surface area contributed by atoms with E-state index in [0.29, 0.717) is 0 Å². The molecule has 0 aliphatic heterocycles. The van der Waals surface area contributed by atoms with E-state index in [4.69, 9.17) is 9.97 Å². The van der Waals surface area contributed by atoms with Gasteiger partial charge in [-0.25, -0.2) is 9.97 Å². The lowest BCUT2D eigenvalue weighted by atomic mass is 9.94. The van der Waals surface area contributed by atoms with Gasteiger partial charge >= 0.3 is 0 Å². The van der Waals surface area contributed by atoms with Crippen LogP contribution in [0.25, 0.3) is 60.9 Å². The molecule has 0 unspecified atom stereocenters. The Balaban J connectivity index is 1.46. The first-order valence-corrected chi connectivity index (χ1v) is 12.0. The monoisotopic (exact) mass is 446 g/mol. The average Bonchev–Trinajstić information content (AvgIpc) is 3.58. The van der Waals surface area contributed by atoms with Gasteiger partial charge in [-0.15, -0.1) is 0 Å². The molecule has 35 heavy (non-hydrogen) atoms. The minimum absolute atomic E-state index is 0.764. The Bertz CT molecular complexity index is 2070. The second-order valence-electron chi connectivity index (χ2n) is 9.69. The van der Waals surface area contributed by atoms with E-state index < -0.39 is 0 Å². The highest BCUT2D eigenvalue weighted by atomic mass is 15.1. The zero-order valence-corrected chi connectivity index (χ0v) is 18.8. The molecule has 0 amide bonds. The molecule has 0 fully saturated rings. The number of rotatable bonds is 0. The van der Waals surface area contributed by atoms with Gasteiger partial charge in [0.05, 0.1) is 16.6 Å². The predicted molar refractivity (Wildman–Crippen MR) is 140 cm³/mol. The fourth-order valence-corrected chi connectivity index (χ4v) is 6.46. The van der Waals surface area contributed by atoms with Crippen LogP contribution >= 0.6 is 0 Å². The summed E-state index contributed by atoms with van der Waals surface area (Å²) in [5, 5.41) is 2.33. The molecule has 2 aliphatic rings. The number of aromatic nitrogens is 4. The first-order valence-electron chi connectivity index (χ1n) is 12.0. The summed E-state index contributed by atoms with van der Waals surface area (Å²) in [7, 11) is 0. The lowest BCUT2D eigenvalue weighted by Crippen LogP contribution is -1.95. The van der Waals surface area contributed by atoms with Crippen LogP contribution in [-0.4, -0.2) is 19.4 Å². The van der Waals surface area contributed by atoms with Crippen molar-refractivity contribution >= 4 is 38.6 Å². The molecule has 0 atom stereocenters. The molecular weight excluding hydrogens is 428 g/mol. The molecule has 0 bridgehead atoms. The number of nitrogens with zero attached hydrogens (tertiary/aromatic N) is 4. The van der Waals surface area contributed by atoms with Gasteiger partial charge in [-0.3, -0.25) is 9.38 Å². The van der Waals surface area contributed by atoms with Crippen LogP contribution in [0.3, 0.4) is 0 Å². The van der Waals surface area contributed by atoms with Gasteiger partial charge < -0.3 is 0 Å². The molecule has 0 saturated heterocycles. The molecular formula is C31H18N4. The van der Waals surface area contributed by atoms with Crippen LogP contribution in [0.15, 0.2) is 85.2 Å². The second kappa shape index (κ2) is 6.10. The van der Waals surface area contributed by atoms with Crippen LogP contribution in [0.1, 0.15) is 22.3 Å². The maximum absolute atomic E-state index is 4.99. The average molecular weight is 447 g/mol. The summed E-state index contributed by atoms with van der Waals surface area (Å²) in [6.07, 6.45) is 5.69. The fraction of sp³-hybridized carbons (Fsp3) is 0.0645. The molecule has 9 rings (SSSR count). The van der Waals surface area contributed by atoms with Crippen molar-refractivity contribution in [3.63, 3.8) is 0 Å². The normalized spacial score (nSPS) is 13.5. The van der Waals surface area contributed by atoms with Crippen molar-refractivity contribution in [1.82, 2.24) is 19.4 Å². The van der Waals surface area contributed by atoms with E-state index in [1.807, 2.05) is 24.5 Å². The van der Waals surface area contributed by atoms with Gasteiger partial charge in [0.1, 0.15) is 5.65 Å². The van der Waals surface area contributed by atoms with E-state index in [1.165, 1.54) is 49.9 Å². The highest BCUT2D eigenvalue weighted by Gasteiger charge is 2.28. The molecule has 2 aliphatic carbocycles. The zero-order valence-electron chi connectivity index (χ0n) is 18.8. The molecule has 0 radical (unpaired) electrons. The van der Waals surface area contributed by atoms with Crippen LogP contribution in [-0.2, 0) is 12.8 Å². The summed E-state index contributed by atoms with van der Waals surface area (Å²) in [4.78, 5) is 14.5. The molecule has 0 spiro atoms. The van der Waals surface area contributed by atoms with Crippen molar-refractivity contribution in [3.05, 3.63) is 107 Å². The minimum atomic E-state index is 0.764. The van der Waals surface area contributed by atoms with Crippen molar-refractivity contribution in [2.24, 2.45) is 0 Å². The molecule has 0 saturated carbocycles. The maximum Gasteiger partial charge on any atom is 0.178 e. The topological polar surface area (TPSA) is 43.1 Å². The molecule has 4 heterocycles. The summed E-state index contributed by atoms with van der Waals surface area (Å²) in [6.45, 7) is 0. The van der Waals surface area contributed by atoms with E-state index in [9.17, 15) is 0 Å². The molecule has 162 valence electrons. The lowest BCUT2D eigenvalue weighted by Gasteiger charge is -2.13. The maximum atomic E-state index is 4.99. The standard InChI is InChI=1S/C31H18N4/c1-2-6-21-17(5-1)13-19-15-20-14-18-9-10-22-28(27(18)24(20)16-23(19)21)29-25(7-3-11-32-29)35-26-8-4-12-33-30(26)34-31(22)35/h1-12,15-16H,13-14H2. The van der Waals surface area contributed by atoms with Crippen molar-refractivity contribution < 1.29 is 0 Å². The van der Waals surface area contributed by atoms with Gasteiger partial charge in [0.25, 0.3) is 0 Å². The van der Waals surface area contributed by atoms with Crippen LogP contribution in [0.2, 0.25) is 0 Å². The van der Waals surface area contributed by atoms with E-state index in [2.05, 4.69) is 70.0 Å². The number of imidazole rings is 1. The highest BCUT2D eigenvalue weighted by Crippen LogP contribution is 2.48. The largest absolute Gasteiger partial charge is 0.288 e. The van der Waals surface area contributed by atoms with E-state index in [-0.39, 0.29) is 0 Å². The SMILES string of the molecule is c1ccc2c(c1)Cc1cc3c(cc1-2)-c1c(ccc2c1c1ncccc1n1c4cccnc4nc21)C3. The second-order valence-corrected chi connectivity index (χ2v) is 9.69. The minimum Gasteiger partial charge on any atom is -0.288 e. The van der Waals surface area contributed by atoms with Gasteiger partial charge in [-0.05, 0) is 87.7 Å². The number of hydrogen-bond donors (Lipinski definition) is 0. The summed E-state index contributed by atoms with van der Waals surface area (Å²) in [5.41, 5.74) is 15.9. The summed E-state index contributed by atoms with van der Waals surface area (Å²) >= 11 is 0. The Hall–Kier alpha value is -4.57. The molecule has 3 aromatic carbocycles. The van der Waals surface area contributed by atoms with Crippen molar-refractivity contribution in [2.75, 3.05) is 0 Å². The van der Waals surface area contributed by atoms with E-state index in [1.54, 1.807) is 0 Å². The molecule has 7 aromatic rings. The van der Waals surface area contributed by atoms with E-state index in [0.717, 1.165) is 46.1 Å². The van der Waals surface area contributed by atoms with Gasteiger partial charge in [0.2, 0.25) is 0 Å². The van der Waals surface area contributed by atoms with Gasteiger partial charge in [-0.2, -0.15) is 0 Å². The van der Waals surface area contributed by atoms with E-state index >= 15 is 0 Å². The smallest absolute Gasteiger partial charge is 0.178 e. The first kappa shape index (κ1) is 17.8. The summed E-state index contributed by atoms with van der Waals surface area (Å²) in [6, 6.07) is 26.4. The Morgan fingerprint density at radius 2 is 1.46 bits per heavy atom. The van der Waals surface area contributed by atoms with Crippen molar-refractivity contribution in [2.45, 2.75) is 12.8 Å². The number of fused-ring (bicyclic) bond motifs is 15. The Morgan fingerprint density at radius 1 is 0.629 bits per heavy atom. The lowest BCUT2D eigenvalue weighted by molar-refractivity contribution is 1.21. The quantitative estimate of drug-likeness (QED) is 0.243. The van der Waals surface area contributed by atoms with Gasteiger partial charge in [0.15, 0.2) is 5.65 Å². The third kappa shape index (κ3) is 2.15. The zero-order chi connectivity index (χ0) is 22.7. The number of pyridine rings is 3. The summed E-state index contributed by atoms with van der Waals surface area (Å²) < 4.78 is 2.22. The first-order chi connectivity index (χ1) is 17.3. The Kier molecular flexibility index (Phi) is 3.11. The Labute approximate surface area is 200 Å². The summed E-state index contributed by atoms with van der Waals surface area (Å²) in [5.74, 6) is 0. The van der Waals surface area contributed by atoms with Crippen LogP contribution in [0, 0.1) is 0 Å². The number of hydrogen-bond acceptors (Lipinski definition) is 3. The molecule has 4 nitrogen and oxygen atoms in total. The van der Waals surface area contributed by atoms with Crippen molar-refractivity contribution in [3.8, 4) is 22.3 Å². The third-order valence-electron chi connectivity index (χ3n) is 7.89. The van der Waals surface area contributed by atoms with Crippen LogP contribution in [0.4, 0.5) is 0 Å². The van der Waals surface area contributed by atoms with Gasteiger partial charge in [0, 0.05) is 23.2 Å². The Morgan fingerprint density at radius 3 is 2.43 bits per heavy atom. The third-order valence-corrected chi connectivity index (χ3v) is 7.89. The fourth-order valence-electron chi connectivity index (χ4n) is 6.46. The predicted octanol–water partition coefficient (Wildman–Crippen LogP) is 6.73. The van der Waals surface area contributed by atoms with Crippen LogP contribution < -0.4 is 0 Å². The number of benzene rings is 3. The molecule has 0 N–H and O–H groups in total. The molecule has 4 aromatic heterocycles. The van der Waals surface area contributed by atoms with Crippen LogP contribution in [0.5, 0.6) is 0 Å². The van der Waals surface area contributed by atoms with Gasteiger partial charge in [-0.1, -0.05) is 42.5 Å².